The van der Waals surface area contributed by atoms with Crippen molar-refractivity contribution in [2.24, 2.45) is 0 Å². The van der Waals surface area contributed by atoms with Crippen molar-refractivity contribution in [3.8, 4) is 5.88 Å². The molecule has 2 nitrogen and oxygen atoms in total. The molecule has 84 valence electrons. The second-order valence-electron chi connectivity index (χ2n) is 4.84. The van der Waals surface area contributed by atoms with Crippen LogP contribution in [0.1, 0.15) is 43.6 Å². The molecule has 1 fully saturated rings. The van der Waals surface area contributed by atoms with E-state index in [4.69, 9.17) is 0 Å². The lowest BCUT2D eigenvalue weighted by Crippen LogP contribution is -2.03. The molecule has 1 saturated carbocycles. The predicted molar refractivity (Wildman–Crippen MR) is 65.8 cm³/mol. The van der Waals surface area contributed by atoms with Crippen LogP contribution in [0.4, 0.5) is 0 Å². The molecule has 2 N–H and O–H groups in total. The number of benzene rings is 1. The summed E-state index contributed by atoms with van der Waals surface area (Å²) in [6, 6.07) is 8.32. The molecule has 0 aliphatic heterocycles. The van der Waals surface area contributed by atoms with Gasteiger partial charge >= 0.3 is 0 Å². The maximum absolute atomic E-state index is 9.40. The number of H-pyrrole nitrogens is 1. The van der Waals surface area contributed by atoms with E-state index < -0.39 is 0 Å². The fraction of sp³-hybridized carbons (Fsp3) is 0.429. The maximum Gasteiger partial charge on any atom is 0.189 e. The van der Waals surface area contributed by atoms with Gasteiger partial charge in [0, 0.05) is 17.0 Å². The molecule has 1 aliphatic carbocycles. The molecule has 0 unspecified atom stereocenters. The van der Waals surface area contributed by atoms with E-state index in [1.807, 2.05) is 6.07 Å². The summed E-state index contributed by atoms with van der Waals surface area (Å²) >= 11 is 0. The Kier molecular flexibility index (Phi) is 2.35. The summed E-state index contributed by atoms with van der Waals surface area (Å²) in [6.07, 6.45) is 6.76. The molecule has 0 atom stereocenters. The Labute approximate surface area is 95.3 Å². The molecular formula is C14H17NO. The van der Waals surface area contributed by atoms with E-state index in [1.165, 1.54) is 37.7 Å². The number of hydrogen-bond donors (Lipinski definition) is 2. The van der Waals surface area contributed by atoms with E-state index >= 15 is 0 Å². The van der Waals surface area contributed by atoms with Crippen LogP contribution in [0.5, 0.6) is 5.88 Å². The van der Waals surface area contributed by atoms with Crippen molar-refractivity contribution in [3.63, 3.8) is 0 Å². The van der Waals surface area contributed by atoms with E-state index in [0.717, 1.165) is 16.8 Å². The molecule has 0 saturated heterocycles. The summed E-state index contributed by atoms with van der Waals surface area (Å²) < 4.78 is 0. The van der Waals surface area contributed by atoms with Gasteiger partial charge in [0.1, 0.15) is 0 Å². The van der Waals surface area contributed by atoms with Crippen molar-refractivity contribution in [2.45, 2.75) is 38.0 Å². The summed E-state index contributed by atoms with van der Waals surface area (Å²) in [7, 11) is 0. The van der Waals surface area contributed by atoms with Gasteiger partial charge in [-0.05, 0) is 36.5 Å². The van der Waals surface area contributed by atoms with Crippen molar-refractivity contribution in [2.75, 3.05) is 0 Å². The highest BCUT2D eigenvalue weighted by molar-refractivity contribution is 5.82. The average molecular weight is 215 g/mol. The zero-order valence-electron chi connectivity index (χ0n) is 9.37. The van der Waals surface area contributed by atoms with Crippen LogP contribution >= 0.6 is 0 Å². The number of fused-ring (bicyclic) bond motifs is 1. The Morgan fingerprint density at radius 1 is 1.06 bits per heavy atom. The molecule has 1 aromatic heterocycles. The third-order valence-electron chi connectivity index (χ3n) is 3.71. The van der Waals surface area contributed by atoms with Crippen molar-refractivity contribution in [1.82, 2.24) is 4.98 Å². The summed E-state index contributed by atoms with van der Waals surface area (Å²) in [5, 5.41) is 10.5. The second kappa shape index (κ2) is 3.85. The van der Waals surface area contributed by atoms with Crippen LogP contribution in [-0.4, -0.2) is 10.1 Å². The average Bonchev–Trinajstić information content (AvgIpc) is 2.69. The molecule has 0 spiro atoms. The van der Waals surface area contributed by atoms with E-state index in [2.05, 4.69) is 23.2 Å². The Hall–Kier alpha value is -1.44. The maximum atomic E-state index is 9.40. The number of hydrogen-bond acceptors (Lipinski definition) is 1. The molecule has 0 amide bonds. The van der Waals surface area contributed by atoms with Crippen LogP contribution in [0.2, 0.25) is 0 Å². The molecule has 1 heterocycles. The first kappa shape index (κ1) is 9.76. The molecular weight excluding hydrogens is 198 g/mol. The molecule has 1 aliphatic rings. The first-order chi connectivity index (χ1) is 7.83. The number of rotatable bonds is 1. The Balaban J connectivity index is 1.97. The SMILES string of the molecule is Oc1cc2cc(C3CCCCC3)ccc2[nH]1. The van der Waals surface area contributed by atoms with Gasteiger partial charge in [-0.15, -0.1) is 0 Å². The highest BCUT2D eigenvalue weighted by Gasteiger charge is 2.15. The summed E-state index contributed by atoms with van der Waals surface area (Å²) in [5.41, 5.74) is 2.46. The fourth-order valence-corrected chi connectivity index (χ4v) is 2.83. The van der Waals surface area contributed by atoms with E-state index in [9.17, 15) is 5.11 Å². The number of aromatic nitrogens is 1. The monoisotopic (exact) mass is 215 g/mol. The van der Waals surface area contributed by atoms with Crippen LogP contribution in [0.3, 0.4) is 0 Å². The van der Waals surface area contributed by atoms with Crippen molar-refractivity contribution >= 4 is 10.9 Å². The fourth-order valence-electron chi connectivity index (χ4n) is 2.83. The normalized spacial score (nSPS) is 18.0. The van der Waals surface area contributed by atoms with Gasteiger partial charge in [0.2, 0.25) is 0 Å². The Morgan fingerprint density at radius 3 is 2.69 bits per heavy atom. The zero-order valence-corrected chi connectivity index (χ0v) is 9.37. The predicted octanol–water partition coefficient (Wildman–Crippen LogP) is 3.92. The van der Waals surface area contributed by atoms with Gasteiger partial charge in [-0.2, -0.15) is 0 Å². The highest BCUT2D eigenvalue weighted by atomic mass is 16.3. The van der Waals surface area contributed by atoms with Crippen LogP contribution in [-0.2, 0) is 0 Å². The van der Waals surface area contributed by atoms with Crippen LogP contribution in [0.25, 0.3) is 10.9 Å². The summed E-state index contributed by atoms with van der Waals surface area (Å²) in [4.78, 5) is 2.94. The summed E-state index contributed by atoms with van der Waals surface area (Å²) in [5.74, 6) is 0.992. The lowest BCUT2D eigenvalue weighted by atomic mass is 9.84. The topological polar surface area (TPSA) is 36.0 Å². The van der Waals surface area contributed by atoms with Crippen LogP contribution < -0.4 is 0 Å². The van der Waals surface area contributed by atoms with Gasteiger partial charge in [0.05, 0.1) is 0 Å². The molecule has 0 bridgehead atoms. The lowest BCUT2D eigenvalue weighted by Gasteiger charge is -2.21. The molecule has 0 radical (unpaired) electrons. The highest BCUT2D eigenvalue weighted by Crippen LogP contribution is 2.34. The minimum absolute atomic E-state index is 0.260. The zero-order chi connectivity index (χ0) is 11.0. The van der Waals surface area contributed by atoms with Crippen LogP contribution in [0.15, 0.2) is 24.3 Å². The van der Waals surface area contributed by atoms with Crippen molar-refractivity contribution in [3.05, 3.63) is 29.8 Å². The third-order valence-corrected chi connectivity index (χ3v) is 3.71. The van der Waals surface area contributed by atoms with Gasteiger partial charge < -0.3 is 10.1 Å². The number of aromatic hydroxyl groups is 1. The van der Waals surface area contributed by atoms with Crippen molar-refractivity contribution in [1.29, 1.82) is 0 Å². The van der Waals surface area contributed by atoms with Crippen molar-refractivity contribution < 1.29 is 5.11 Å². The van der Waals surface area contributed by atoms with Gasteiger partial charge in [-0.25, -0.2) is 0 Å². The van der Waals surface area contributed by atoms with Gasteiger partial charge in [-0.3, -0.25) is 0 Å². The van der Waals surface area contributed by atoms with E-state index in [-0.39, 0.29) is 5.88 Å². The summed E-state index contributed by atoms with van der Waals surface area (Å²) in [6.45, 7) is 0. The largest absolute Gasteiger partial charge is 0.495 e. The minimum atomic E-state index is 0.260. The minimum Gasteiger partial charge on any atom is -0.495 e. The molecule has 2 aromatic rings. The first-order valence-corrected chi connectivity index (χ1v) is 6.14. The quantitative estimate of drug-likeness (QED) is 0.743. The molecule has 2 heteroatoms. The third kappa shape index (κ3) is 1.69. The van der Waals surface area contributed by atoms with E-state index in [0.29, 0.717) is 0 Å². The molecule has 16 heavy (non-hydrogen) atoms. The van der Waals surface area contributed by atoms with Gasteiger partial charge in [0.15, 0.2) is 5.88 Å². The van der Waals surface area contributed by atoms with Gasteiger partial charge in [-0.1, -0.05) is 25.3 Å². The second-order valence-corrected chi connectivity index (χ2v) is 4.84. The molecule has 1 aromatic carbocycles. The van der Waals surface area contributed by atoms with E-state index in [1.54, 1.807) is 0 Å². The lowest BCUT2D eigenvalue weighted by molar-refractivity contribution is 0.444. The number of aromatic amines is 1. The number of nitrogens with one attached hydrogen (secondary N) is 1. The van der Waals surface area contributed by atoms with Gasteiger partial charge in [0.25, 0.3) is 0 Å². The first-order valence-electron chi connectivity index (χ1n) is 6.14. The Morgan fingerprint density at radius 2 is 1.88 bits per heavy atom. The standard InChI is InChI=1S/C14H17NO/c16-14-9-12-8-11(6-7-13(12)15-14)10-4-2-1-3-5-10/h6-10,15-16H,1-5H2. The smallest absolute Gasteiger partial charge is 0.189 e. The van der Waals surface area contributed by atoms with Crippen LogP contribution in [0, 0.1) is 0 Å². The Bertz CT molecular complexity index is 494. The molecule has 3 rings (SSSR count).